The van der Waals surface area contributed by atoms with Gasteiger partial charge in [-0.25, -0.2) is 8.42 Å². The van der Waals surface area contributed by atoms with Crippen LogP contribution < -0.4 is 5.32 Å². The van der Waals surface area contributed by atoms with Crippen molar-refractivity contribution >= 4 is 15.7 Å². The maximum atomic E-state index is 12.3. The van der Waals surface area contributed by atoms with Gasteiger partial charge in [0.25, 0.3) is 0 Å². The molecule has 1 aliphatic rings. The minimum Gasteiger partial charge on any atom is -0.341 e. The first-order valence-corrected chi connectivity index (χ1v) is 9.00. The Labute approximate surface area is 116 Å². The topological polar surface area (TPSA) is 66.5 Å². The zero-order valence-corrected chi connectivity index (χ0v) is 13.0. The van der Waals surface area contributed by atoms with E-state index in [0.717, 1.165) is 38.6 Å². The summed E-state index contributed by atoms with van der Waals surface area (Å²) in [6.07, 6.45) is 4.10. The first-order valence-electron chi connectivity index (χ1n) is 7.04. The Morgan fingerprint density at radius 3 is 2.42 bits per heavy atom. The second kappa shape index (κ2) is 7.24. The van der Waals surface area contributed by atoms with E-state index in [-0.39, 0.29) is 5.91 Å². The SMILES string of the molecule is CCCN(CC1CCNCC1)C(=O)C(C)S(C)(=O)=O. The smallest absolute Gasteiger partial charge is 0.240 e. The van der Waals surface area contributed by atoms with E-state index in [1.165, 1.54) is 6.92 Å². The average molecular weight is 290 g/mol. The van der Waals surface area contributed by atoms with Gasteiger partial charge in [0, 0.05) is 19.3 Å². The van der Waals surface area contributed by atoms with Gasteiger partial charge in [0.05, 0.1) is 0 Å². The van der Waals surface area contributed by atoms with Gasteiger partial charge in [0.2, 0.25) is 5.91 Å². The van der Waals surface area contributed by atoms with Crippen LogP contribution in [0.3, 0.4) is 0 Å². The van der Waals surface area contributed by atoms with Crippen molar-refractivity contribution in [2.75, 3.05) is 32.4 Å². The van der Waals surface area contributed by atoms with E-state index < -0.39 is 15.1 Å². The lowest BCUT2D eigenvalue weighted by Crippen LogP contribution is -2.45. The van der Waals surface area contributed by atoms with Crippen molar-refractivity contribution in [1.29, 1.82) is 0 Å². The van der Waals surface area contributed by atoms with Crippen LogP contribution in [0.25, 0.3) is 0 Å². The van der Waals surface area contributed by atoms with E-state index in [2.05, 4.69) is 5.32 Å². The Bertz CT molecular complexity index is 389. The molecular formula is C13H26N2O3S. The predicted octanol–water partition coefficient (Wildman–Crippen LogP) is 0.658. The lowest BCUT2D eigenvalue weighted by atomic mass is 9.97. The molecule has 1 atom stereocenters. The monoisotopic (exact) mass is 290 g/mol. The Morgan fingerprint density at radius 1 is 1.37 bits per heavy atom. The zero-order valence-electron chi connectivity index (χ0n) is 12.2. The molecule has 0 aromatic rings. The first-order chi connectivity index (χ1) is 8.86. The Morgan fingerprint density at radius 2 is 1.95 bits per heavy atom. The van der Waals surface area contributed by atoms with E-state index in [0.29, 0.717) is 19.0 Å². The Kier molecular flexibility index (Phi) is 6.26. The summed E-state index contributed by atoms with van der Waals surface area (Å²) >= 11 is 0. The van der Waals surface area contributed by atoms with Gasteiger partial charge in [0.15, 0.2) is 9.84 Å². The number of rotatable bonds is 6. The van der Waals surface area contributed by atoms with Gasteiger partial charge in [-0.1, -0.05) is 6.92 Å². The number of sulfone groups is 1. The average Bonchev–Trinajstić information content (AvgIpc) is 2.36. The number of nitrogens with one attached hydrogen (secondary N) is 1. The highest BCUT2D eigenvalue weighted by Crippen LogP contribution is 2.15. The molecule has 1 fully saturated rings. The van der Waals surface area contributed by atoms with Crippen molar-refractivity contribution in [1.82, 2.24) is 10.2 Å². The van der Waals surface area contributed by atoms with Gasteiger partial charge < -0.3 is 10.2 Å². The molecule has 1 heterocycles. The highest BCUT2D eigenvalue weighted by Gasteiger charge is 2.29. The second-order valence-electron chi connectivity index (χ2n) is 5.45. The fraction of sp³-hybridized carbons (Fsp3) is 0.923. The maximum absolute atomic E-state index is 12.3. The van der Waals surface area contributed by atoms with Crippen molar-refractivity contribution in [3.8, 4) is 0 Å². The predicted molar refractivity (Wildman–Crippen MR) is 76.8 cm³/mol. The summed E-state index contributed by atoms with van der Waals surface area (Å²) in [5.74, 6) is 0.242. The van der Waals surface area contributed by atoms with E-state index in [4.69, 9.17) is 0 Å². The van der Waals surface area contributed by atoms with Crippen molar-refractivity contribution in [2.24, 2.45) is 5.92 Å². The number of piperidine rings is 1. The quantitative estimate of drug-likeness (QED) is 0.780. The summed E-state index contributed by atoms with van der Waals surface area (Å²) < 4.78 is 23.0. The second-order valence-corrected chi connectivity index (χ2v) is 7.82. The summed E-state index contributed by atoms with van der Waals surface area (Å²) in [6.45, 7) is 6.80. The zero-order chi connectivity index (χ0) is 14.5. The molecule has 0 spiro atoms. The summed E-state index contributed by atoms with van der Waals surface area (Å²) in [5, 5.41) is 2.37. The van der Waals surface area contributed by atoms with Crippen molar-refractivity contribution in [2.45, 2.75) is 38.4 Å². The van der Waals surface area contributed by atoms with Gasteiger partial charge in [-0.3, -0.25) is 4.79 Å². The third-order valence-corrected chi connectivity index (χ3v) is 5.22. The standard InChI is InChI=1S/C13H26N2O3S/c1-4-9-15(10-12-5-7-14-8-6-12)13(16)11(2)19(3,17)18/h11-12,14H,4-10H2,1-3H3. The van der Waals surface area contributed by atoms with Crippen LogP contribution in [0.1, 0.15) is 33.1 Å². The lowest BCUT2D eigenvalue weighted by Gasteiger charge is -2.31. The van der Waals surface area contributed by atoms with Crippen LogP contribution in [0.4, 0.5) is 0 Å². The van der Waals surface area contributed by atoms with Gasteiger partial charge in [-0.2, -0.15) is 0 Å². The fourth-order valence-corrected chi connectivity index (χ4v) is 2.89. The van der Waals surface area contributed by atoms with Gasteiger partial charge in [-0.05, 0) is 45.2 Å². The molecule has 1 N–H and O–H groups in total. The molecule has 5 nitrogen and oxygen atoms in total. The number of amides is 1. The maximum Gasteiger partial charge on any atom is 0.240 e. The summed E-state index contributed by atoms with van der Waals surface area (Å²) in [4.78, 5) is 14.0. The molecule has 1 amide bonds. The van der Waals surface area contributed by atoms with E-state index >= 15 is 0 Å². The molecule has 0 saturated carbocycles. The molecule has 19 heavy (non-hydrogen) atoms. The fourth-order valence-electron chi connectivity index (χ4n) is 2.38. The number of carbonyl (C=O) groups excluding carboxylic acids is 1. The molecule has 1 aliphatic heterocycles. The number of hydrogen-bond acceptors (Lipinski definition) is 4. The lowest BCUT2D eigenvalue weighted by molar-refractivity contribution is -0.131. The van der Waals surface area contributed by atoms with Crippen LogP contribution in [0.5, 0.6) is 0 Å². The number of nitrogens with zero attached hydrogens (tertiary/aromatic N) is 1. The summed E-state index contributed by atoms with van der Waals surface area (Å²) in [6, 6.07) is 0. The van der Waals surface area contributed by atoms with Crippen LogP contribution in [-0.2, 0) is 14.6 Å². The van der Waals surface area contributed by atoms with E-state index in [9.17, 15) is 13.2 Å². The molecular weight excluding hydrogens is 264 g/mol. The molecule has 112 valence electrons. The minimum absolute atomic E-state index is 0.247. The number of hydrogen-bond donors (Lipinski definition) is 1. The number of carbonyl (C=O) groups is 1. The Balaban J connectivity index is 2.67. The Hall–Kier alpha value is -0.620. The van der Waals surface area contributed by atoms with E-state index in [1.807, 2.05) is 6.92 Å². The molecule has 0 aromatic carbocycles. The van der Waals surface area contributed by atoms with E-state index in [1.54, 1.807) is 4.90 Å². The molecule has 0 aromatic heterocycles. The van der Waals surface area contributed by atoms with Crippen LogP contribution in [0.15, 0.2) is 0 Å². The van der Waals surface area contributed by atoms with Crippen molar-refractivity contribution in [3.63, 3.8) is 0 Å². The first kappa shape index (κ1) is 16.4. The molecule has 0 aliphatic carbocycles. The van der Waals surface area contributed by atoms with Crippen LogP contribution in [0, 0.1) is 5.92 Å². The van der Waals surface area contributed by atoms with Crippen LogP contribution in [0.2, 0.25) is 0 Å². The third-order valence-electron chi connectivity index (χ3n) is 3.73. The summed E-state index contributed by atoms with van der Waals surface area (Å²) in [5.41, 5.74) is 0. The molecule has 1 saturated heterocycles. The van der Waals surface area contributed by atoms with Gasteiger partial charge >= 0.3 is 0 Å². The molecule has 0 bridgehead atoms. The van der Waals surface area contributed by atoms with Gasteiger partial charge in [-0.15, -0.1) is 0 Å². The molecule has 6 heteroatoms. The highest BCUT2D eigenvalue weighted by molar-refractivity contribution is 7.92. The van der Waals surface area contributed by atoms with Crippen molar-refractivity contribution in [3.05, 3.63) is 0 Å². The normalized spacial score (nSPS) is 19.1. The van der Waals surface area contributed by atoms with Crippen LogP contribution >= 0.6 is 0 Å². The van der Waals surface area contributed by atoms with Crippen molar-refractivity contribution < 1.29 is 13.2 Å². The van der Waals surface area contributed by atoms with Gasteiger partial charge in [0.1, 0.15) is 5.25 Å². The molecule has 1 unspecified atom stereocenters. The third kappa shape index (κ3) is 5.10. The molecule has 0 radical (unpaired) electrons. The van der Waals surface area contributed by atoms with Crippen LogP contribution in [-0.4, -0.2) is 56.9 Å². The minimum atomic E-state index is -3.31. The highest BCUT2D eigenvalue weighted by atomic mass is 32.2. The summed E-state index contributed by atoms with van der Waals surface area (Å²) in [7, 11) is -3.31. The molecule has 1 rings (SSSR count). The largest absolute Gasteiger partial charge is 0.341 e.